The molecule has 4 heterocycles. The molecule has 0 spiro atoms. The van der Waals surface area contributed by atoms with Gasteiger partial charge in [0.1, 0.15) is 17.6 Å². The number of aromatic hydroxyl groups is 1. The van der Waals surface area contributed by atoms with Crippen LogP contribution in [0.1, 0.15) is 69.2 Å². The van der Waals surface area contributed by atoms with Crippen molar-refractivity contribution >= 4 is 31.0 Å². The molecule has 1 amide bonds. The summed E-state index contributed by atoms with van der Waals surface area (Å²) in [6.07, 6.45) is 5.09. The average Bonchev–Trinajstić information content (AvgIpc) is 3.23. The number of rotatable bonds is 17. The molecule has 4 aromatic carbocycles. The SMILES string of the molecule is CC(C)(C)[Si](C)(C)O[C@@H](CNCCc1ccc(OCCCCc2ccc(-c3ccccc3)c(NC(=O)O[C@H]3CN4CCC3CC4)c2)cc1)c1ccc(O)c2[nH]c(=O)ccc12. The molecule has 2 atom stereocenters. The Labute approximate surface area is 355 Å². The van der Waals surface area contributed by atoms with E-state index in [4.69, 9.17) is 13.9 Å². The second-order valence-corrected chi connectivity index (χ2v) is 22.8. The number of aryl methyl sites for hydroxylation is 1. The molecule has 60 heavy (non-hydrogen) atoms. The predicted octanol–water partition coefficient (Wildman–Crippen LogP) is 9.84. The zero-order chi connectivity index (χ0) is 42.3. The Morgan fingerprint density at radius 1 is 0.917 bits per heavy atom. The van der Waals surface area contributed by atoms with Crippen LogP contribution in [0.25, 0.3) is 22.0 Å². The van der Waals surface area contributed by atoms with Gasteiger partial charge in [-0.25, -0.2) is 4.79 Å². The summed E-state index contributed by atoms with van der Waals surface area (Å²) in [7, 11) is -2.16. The van der Waals surface area contributed by atoms with Crippen molar-refractivity contribution in [3.8, 4) is 22.6 Å². The van der Waals surface area contributed by atoms with Crippen LogP contribution in [-0.4, -0.2) is 74.8 Å². The van der Waals surface area contributed by atoms with E-state index in [1.807, 2.05) is 36.4 Å². The van der Waals surface area contributed by atoms with Crippen molar-refractivity contribution in [1.29, 1.82) is 0 Å². The maximum Gasteiger partial charge on any atom is 0.411 e. The highest BCUT2D eigenvalue weighted by Crippen LogP contribution is 2.41. The number of phenolic OH excluding ortho intramolecular Hbond substituents is 1. The Hall–Kier alpha value is -4.94. The van der Waals surface area contributed by atoms with E-state index in [0.717, 1.165) is 104 Å². The number of phenols is 1. The highest BCUT2D eigenvalue weighted by molar-refractivity contribution is 6.74. The first-order valence-electron chi connectivity index (χ1n) is 21.7. The van der Waals surface area contributed by atoms with Crippen LogP contribution in [-0.2, 0) is 22.0 Å². The fraction of sp³-hybridized carbons (Fsp3) is 0.429. The number of carbonyl (C=O) groups is 1. The number of amides is 1. The Morgan fingerprint density at radius 2 is 1.67 bits per heavy atom. The van der Waals surface area contributed by atoms with Crippen molar-refractivity contribution in [3.63, 3.8) is 0 Å². The van der Waals surface area contributed by atoms with Crippen LogP contribution in [0, 0.1) is 5.92 Å². The number of H-pyrrole nitrogens is 1. The number of pyridine rings is 1. The van der Waals surface area contributed by atoms with Crippen LogP contribution in [0.5, 0.6) is 11.5 Å². The molecule has 8 rings (SSSR count). The van der Waals surface area contributed by atoms with Gasteiger partial charge in [-0.3, -0.25) is 15.0 Å². The summed E-state index contributed by atoms with van der Waals surface area (Å²) in [6, 6.07) is 31.6. The van der Waals surface area contributed by atoms with Gasteiger partial charge in [0, 0.05) is 30.1 Å². The third-order valence-electron chi connectivity index (χ3n) is 12.7. The van der Waals surface area contributed by atoms with Gasteiger partial charge in [-0.15, -0.1) is 0 Å². The first kappa shape index (κ1) is 43.2. The van der Waals surface area contributed by atoms with Crippen molar-refractivity contribution in [3.05, 3.63) is 124 Å². The van der Waals surface area contributed by atoms with E-state index >= 15 is 0 Å². The molecule has 3 aliphatic heterocycles. The molecule has 10 nitrogen and oxygen atoms in total. The number of benzene rings is 4. The Bertz CT molecular complexity index is 2260. The number of anilines is 1. The number of ether oxygens (including phenoxy) is 2. The molecule has 2 bridgehead atoms. The summed E-state index contributed by atoms with van der Waals surface area (Å²) >= 11 is 0. The minimum Gasteiger partial charge on any atom is -0.506 e. The van der Waals surface area contributed by atoms with Crippen LogP contribution >= 0.6 is 0 Å². The third-order valence-corrected chi connectivity index (χ3v) is 17.2. The van der Waals surface area contributed by atoms with Crippen LogP contribution in [0.15, 0.2) is 102 Å². The van der Waals surface area contributed by atoms with Crippen molar-refractivity contribution in [2.75, 3.05) is 44.6 Å². The first-order valence-corrected chi connectivity index (χ1v) is 24.6. The number of fused-ring (bicyclic) bond motifs is 4. The van der Waals surface area contributed by atoms with E-state index in [2.05, 4.69) is 96.8 Å². The molecule has 0 radical (unpaired) electrons. The maximum absolute atomic E-state index is 13.2. The molecular weight excluding hydrogens is 769 g/mol. The zero-order valence-electron chi connectivity index (χ0n) is 35.9. The average molecular weight is 831 g/mol. The Morgan fingerprint density at radius 3 is 2.38 bits per heavy atom. The maximum atomic E-state index is 13.2. The number of nitrogens with zero attached hydrogens (tertiary/aromatic N) is 1. The first-order chi connectivity index (χ1) is 28.8. The smallest absolute Gasteiger partial charge is 0.411 e. The second-order valence-electron chi connectivity index (χ2n) is 18.0. The molecule has 0 aliphatic carbocycles. The number of nitrogens with one attached hydrogen (secondary N) is 3. The highest BCUT2D eigenvalue weighted by atomic mass is 28.4. The number of hydrogen-bond acceptors (Lipinski definition) is 8. The van der Waals surface area contributed by atoms with Crippen molar-refractivity contribution in [2.45, 2.75) is 89.6 Å². The third kappa shape index (κ3) is 10.9. The molecule has 5 aromatic rings. The van der Waals surface area contributed by atoms with Crippen molar-refractivity contribution in [2.24, 2.45) is 5.92 Å². The van der Waals surface area contributed by atoms with E-state index in [-0.39, 0.29) is 34.6 Å². The fourth-order valence-corrected chi connectivity index (χ4v) is 9.44. The lowest BCUT2D eigenvalue weighted by atomic mass is 9.86. The minimum absolute atomic E-state index is 0.0117. The van der Waals surface area contributed by atoms with Gasteiger partial charge in [-0.05, 0) is 135 Å². The Balaban J connectivity index is 0.883. The zero-order valence-corrected chi connectivity index (χ0v) is 36.9. The van der Waals surface area contributed by atoms with E-state index in [0.29, 0.717) is 24.6 Å². The van der Waals surface area contributed by atoms with Gasteiger partial charge in [-0.2, -0.15) is 0 Å². The summed E-state index contributed by atoms with van der Waals surface area (Å²) in [6.45, 7) is 16.2. The largest absolute Gasteiger partial charge is 0.506 e. The lowest BCUT2D eigenvalue weighted by Gasteiger charge is -2.43. The molecule has 11 heteroatoms. The van der Waals surface area contributed by atoms with Crippen LogP contribution in [0.4, 0.5) is 10.5 Å². The number of unbranched alkanes of at least 4 members (excludes halogenated alkanes) is 1. The highest BCUT2D eigenvalue weighted by Gasteiger charge is 2.40. The number of hydrogen-bond donors (Lipinski definition) is 4. The normalized spacial score (nSPS) is 18.3. The number of carbonyl (C=O) groups excluding carboxylic acids is 1. The summed E-state index contributed by atoms with van der Waals surface area (Å²) < 4.78 is 19.1. The lowest BCUT2D eigenvalue weighted by Crippen LogP contribution is -2.52. The molecule has 4 N–H and O–H groups in total. The van der Waals surface area contributed by atoms with Crippen LogP contribution in [0.2, 0.25) is 18.1 Å². The van der Waals surface area contributed by atoms with Gasteiger partial charge in [0.05, 0.1) is 23.9 Å². The Kier molecular flexibility index (Phi) is 13.8. The molecule has 3 fully saturated rings. The van der Waals surface area contributed by atoms with Gasteiger partial charge < -0.3 is 29.3 Å². The molecular formula is C49H62N4O6Si. The summed E-state index contributed by atoms with van der Waals surface area (Å²) in [5, 5.41) is 18.0. The molecule has 318 valence electrons. The van der Waals surface area contributed by atoms with Gasteiger partial charge in [-0.1, -0.05) is 81.4 Å². The predicted molar refractivity (Wildman–Crippen MR) is 244 cm³/mol. The van der Waals surface area contributed by atoms with Crippen LogP contribution < -0.4 is 20.9 Å². The number of aromatic nitrogens is 1. The number of aromatic amines is 1. The van der Waals surface area contributed by atoms with E-state index in [1.54, 1.807) is 12.1 Å². The monoisotopic (exact) mass is 830 g/mol. The summed E-state index contributed by atoms with van der Waals surface area (Å²) in [4.78, 5) is 30.4. The summed E-state index contributed by atoms with van der Waals surface area (Å²) in [5.41, 5.74) is 6.30. The molecule has 3 aliphatic rings. The topological polar surface area (TPSA) is 125 Å². The fourth-order valence-electron chi connectivity index (χ4n) is 8.17. The van der Waals surface area contributed by atoms with Crippen molar-refractivity contribution in [1.82, 2.24) is 15.2 Å². The molecule has 3 saturated heterocycles. The number of piperidine rings is 3. The van der Waals surface area contributed by atoms with Gasteiger partial charge in [0.2, 0.25) is 5.56 Å². The molecule has 0 unspecified atom stereocenters. The van der Waals surface area contributed by atoms with Crippen molar-refractivity contribution < 1.29 is 23.8 Å². The van der Waals surface area contributed by atoms with E-state index in [9.17, 15) is 14.7 Å². The second kappa shape index (κ2) is 19.2. The minimum atomic E-state index is -2.16. The lowest BCUT2D eigenvalue weighted by molar-refractivity contribution is -0.0289. The quantitative estimate of drug-likeness (QED) is 0.0540. The van der Waals surface area contributed by atoms with Gasteiger partial charge in [0.15, 0.2) is 8.32 Å². The molecule has 1 aromatic heterocycles. The van der Waals surface area contributed by atoms with Gasteiger partial charge in [0.25, 0.3) is 0 Å². The van der Waals surface area contributed by atoms with Gasteiger partial charge >= 0.3 is 6.09 Å². The molecule has 0 saturated carbocycles. The standard InChI is InChI=1S/C49H62N4O6Si/c1-49(2,3)60(4,5)59-44(40-20-22-43(54)47-41(40)21-23-46(55)52-47)32-50-27-24-34-14-17-38(18-15-34)57-30-10-9-11-35-16-19-39(36-12-7-6-8-13-36)42(31-35)51-48(56)58-45-33-53-28-25-37(45)26-29-53/h6-8,12-23,31,37,44-45,50,54H,9-11,24-30,32-33H2,1-5H3,(H,51,56)(H,52,55)/t44-,45-/m0/s1. The summed E-state index contributed by atoms with van der Waals surface area (Å²) in [5.74, 6) is 1.36. The van der Waals surface area contributed by atoms with E-state index < -0.39 is 8.32 Å². The van der Waals surface area contributed by atoms with Crippen LogP contribution in [0.3, 0.4) is 0 Å². The van der Waals surface area contributed by atoms with E-state index in [1.165, 1.54) is 11.6 Å².